The van der Waals surface area contributed by atoms with Crippen molar-refractivity contribution in [3.63, 3.8) is 0 Å². The van der Waals surface area contributed by atoms with Gasteiger partial charge in [-0.1, -0.05) is 40.0 Å². The second-order valence-corrected chi connectivity index (χ2v) is 5.65. The zero-order chi connectivity index (χ0) is 16.4. The number of benzene rings is 1. The summed E-state index contributed by atoms with van der Waals surface area (Å²) in [4.78, 5) is 12.1. The van der Waals surface area contributed by atoms with Crippen LogP contribution in [-0.4, -0.2) is 11.1 Å². The van der Waals surface area contributed by atoms with Gasteiger partial charge in [0.1, 0.15) is 12.3 Å². The predicted molar refractivity (Wildman–Crippen MR) is 84.8 cm³/mol. The molecule has 0 atom stereocenters. The van der Waals surface area contributed by atoms with Gasteiger partial charge in [0, 0.05) is 6.07 Å². The van der Waals surface area contributed by atoms with Gasteiger partial charge in [0.25, 0.3) is 0 Å². The highest BCUT2D eigenvalue weighted by Gasteiger charge is 2.19. The van der Waals surface area contributed by atoms with Gasteiger partial charge >= 0.3 is 5.97 Å². The van der Waals surface area contributed by atoms with Crippen LogP contribution in [0.15, 0.2) is 45.5 Å². The van der Waals surface area contributed by atoms with Gasteiger partial charge in [-0.3, -0.25) is 0 Å². The number of carbonyl (C=O) groups is 1. The van der Waals surface area contributed by atoms with Crippen molar-refractivity contribution < 1.29 is 18.5 Å². The van der Waals surface area contributed by atoms with E-state index in [-0.39, 0.29) is 27.2 Å². The minimum Gasteiger partial charge on any atom is -0.461 e. The Morgan fingerprint density at radius 3 is 2.65 bits per heavy atom. The van der Waals surface area contributed by atoms with Crippen LogP contribution in [0.5, 0.6) is 0 Å². The molecule has 1 aromatic carbocycles. The minimum atomic E-state index is -0.704. The van der Waals surface area contributed by atoms with E-state index in [1.54, 1.807) is 18.2 Å². The lowest BCUT2D eigenvalue weighted by atomic mass is 10.2. The molecule has 2 heterocycles. The first-order chi connectivity index (χ1) is 11.1. The number of ether oxygens (including phenoxy) is 1. The van der Waals surface area contributed by atoms with E-state index < -0.39 is 5.97 Å². The van der Waals surface area contributed by atoms with Crippen LogP contribution in [0.4, 0.5) is 0 Å². The van der Waals surface area contributed by atoms with Gasteiger partial charge in [-0.15, -0.1) is 0 Å². The Morgan fingerprint density at radius 1 is 1.13 bits per heavy atom. The molecule has 3 aromatic rings. The Balaban J connectivity index is 1.72. The normalized spacial score (nSPS) is 10.7. The number of rotatable bonds is 4. The van der Waals surface area contributed by atoms with Crippen LogP contribution in [0.1, 0.15) is 16.1 Å². The molecular formula is C15H8Cl3NO4. The molecule has 0 aliphatic rings. The molecule has 118 valence electrons. The first-order valence-electron chi connectivity index (χ1n) is 6.36. The molecule has 0 saturated heterocycles. The zero-order valence-electron chi connectivity index (χ0n) is 11.4. The number of esters is 1. The molecule has 0 aliphatic heterocycles. The van der Waals surface area contributed by atoms with Crippen LogP contribution in [0.25, 0.3) is 11.5 Å². The summed E-state index contributed by atoms with van der Waals surface area (Å²) < 4.78 is 15.4. The van der Waals surface area contributed by atoms with E-state index in [1.165, 1.54) is 18.4 Å². The lowest BCUT2D eigenvalue weighted by Gasteiger charge is -2.07. The highest BCUT2D eigenvalue weighted by Crippen LogP contribution is 2.32. The maximum absolute atomic E-state index is 12.1. The zero-order valence-corrected chi connectivity index (χ0v) is 13.7. The second kappa shape index (κ2) is 6.66. The first kappa shape index (κ1) is 15.9. The molecule has 2 aromatic heterocycles. The van der Waals surface area contributed by atoms with Crippen LogP contribution in [0, 0.1) is 0 Å². The van der Waals surface area contributed by atoms with Gasteiger partial charge in [-0.25, -0.2) is 4.79 Å². The molecular weight excluding hydrogens is 365 g/mol. The molecule has 5 nitrogen and oxygen atoms in total. The largest absolute Gasteiger partial charge is 0.461 e. The van der Waals surface area contributed by atoms with Crippen molar-refractivity contribution in [3.05, 3.63) is 62.9 Å². The maximum Gasteiger partial charge on any atom is 0.341 e. The van der Waals surface area contributed by atoms with E-state index >= 15 is 0 Å². The summed E-state index contributed by atoms with van der Waals surface area (Å²) in [6.45, 7) is -0.109. The highest BCUT2D eigenvalue weighted by molar-refractivity contribution is 6.46. The van der Waals surface area contributed by atoms with E-state index in [4.69, 9.17) is 48.5 Å². The number of furan rings is 1. The van der Waals surface area contributed by atoms with Gasteiger partial charge in [0.15, 0.2) is 5.76 Å². The summed E-state index contributed by atoms with van der Waals surface area (Å²) in [7, 11) is 0. The molecule has 0 radical (unpaired) electrons. The van der Waals surface area contributed by atoms with Crippen molar-refractivity contribution in [1.82, 2.24) is 5.16 Å². The fraction of sp³-hybridized carbons (Fsp3) is 0.0667. The minimum absolute atomic E-state index is 0.00980. The maximum atomic E-state index is 12.1. The molecule has 8 heteroatoms. The van der Waals surface area contributed by atoms with E-state index in [1.807, 2.05) is 0 Å². The summed E-state index contributed by atoms with van der Waals surface area (Å²) in [5.74, 6) is 0.251. The van der Waals surface area contributed by atoms with Crippen molar-refractivity contribution >= 4 is 40.8 Å². The molecule has 0 saturated carbocycles. The molecule has 3 rings (SSSR count). The molecule has 0 bridgehead atoms. The molecule has 0 amide bonds. The average molecular weight is 373 g/mol. The summed E-state index contributed by atoms with van der Waals surface area (Å²) in [6, 6.07) is 8.02. The van der Waals surface area contributed by atoms with Crippen LogP contribution < -0.4 is 0 Å². The topological polar surface area (TPSA) is 65.5 Å². The Kier molecular flexibility index (Phi) is 4.61. The van der Waals surface area contributed by atoms with Gasteiger partial charge in [0.2, 0.25) is 5.76 Å². The third-order valence-corrected chi connectivity index (χ3v) is 4.04. The first-order valence-corrected chi connectivity index (χ1v) is 7.49. The number of aromatic nitrogens is 1. The van der Waals surface area contributed by atoms with Crippen molar-refractivity contribution in [1.29, 1.82) is 0 Å². The van der Waals surface area contributed by atoms with E-state index in [0.717, 1.165) is 0 Å². The molecule has 0 unspecified atom stereocenters. The van der Waals surface area contributed by atoms with Crippen LogP contribution in [0.2, 0.25) is 15.1 Å². The van der Waals surface area contributed by atoms with Gasteiger partial charge in [-0.2, -0.15) is 0 Å². The summed E-state index contributed by atoms with van der Waals surface area (Å²) in [6.07, 6.45) is 1.51. The molecule has 0 N–H and O–H groups in total. The van der Waals surface area contributed by atoms with Gasteiger partial charge in [-0.05, 0) is 24.3 Å². The summed E-state index contributed by atoms with van der Waals surface area (Å²) in [5, 5.41) is 4.20. The quantitative estimate of drug-likeness (QED) is 0.462. The fourth-order valence-corrected chi connectivity index (χ4v) is 2.52. The smallest absolute Gasteiger partial charge is 0.341 e. The average Bonchev–Trinajstić information content (AvgIpc) is 3.20. The summed E-state index contributed by atoms with van der Waals surface area (Å²) >= 11 is 17.8. The van der Waals surface area contributed by atoms with Gasteiger partial charge in [0.05, 0.1) is 26.9 Å². The van der Waals surface area contributed by atoms with Crippen molar-refractivity contribution in [2.24, 2.45) is 0 Å². The molecule has 0 fully saturated rings. The van der Waals surface area contributed by atoms with Crippen LogP contribution in [-0.2, 0) is 11.3 Å². The third kappa shape index (κ3) is 3.37. The van der Waals surface area contributed by atoms with E-state index in [0.29, 0.717) is 17.2 Å². The predicted octanol–water partition coefficient (Wildman–Crippen LogP) is 5.25. The Labute approximate surface area is 145 Å². The standard InChI is InChI=1S/C15H8Cl3NO4/c16-9-3-4-10(17)14(18)13(9)15(20)22-7-8-6-12(23-19-8)11-2-1-5-21-11/h1-6H,7H2. The van der Waals surface area contributed by atoms with E-state index in [2.05, 4.69) is 5.16 Å². The Hall–Kier alpha value is -1.95. The molecule has 0 spiro atoms. The number of nitrogens with zero attached hydrogens (tertiary/aromatic N) is 1. The monoisotopic (exact) mass is 371 g/mol. The van der Waals surface area contributed by atoms with Crippen LogP contribution in [0.3, 0.4) is 0 Å². The SMILES string of the molecule is O=C(OCc1cc(-c2ccco2)on1)c1c(Cl)ccc(Cl)c1Cl. The van der Waals surface area contributed by atoms with Crippen molar-refractivity contribution in [2.45, 2.75) is 6.61 Å². The molecule has 0 aliphatic carbocycles. The number of hydrogen-bond donors (Lipinski definition) is 0. The third-order valence-electron chi connectivity index (χ3n) is 2.92. The highest BCUT2D eigenvalue weighted by atomic mass is 35.5. The molecule has 23 heavy (non-hydrogen) atoms. The lowest BCUT2D eigenvalue weighted by molar-refractivity contribution is 0.0464. The van der Waals surface area contributed by atoms with Crippen molar-refractivity contribution in [2.75, 3.05) is 0 Å². The Bertz CT molecular complexity index is 843. The number of hydrogen-bond acceptors (Lipinski definition) is 5. The van der Waals surface area contributed by atoms with Crippen LogP contribution >= 0.6 is 34.8 Å². The number of carbonyl (C=O) groups excluding carboxylic acids is 1. The van der Waals surface area contributed by atoms with E-state index in [9.17, 15) is 4.79 Å². The second-order valence-electron chi connectivity index (χ2n) is 4.45. The number of halogens is 3. The van der Waals surface area contributed by atoms with Crippen molar-refractivity contribution in [3.8, 4) is 11.5 Å². The Morgan fingerprint density at radius 2 is 1.91 bits per heavy atom. The fourth-order valence-electron chi connectivity index (χ4n) is 1.84. The lowest BCUT2D eigenvalue weighted by Crippen LogP contribution is -2.07. The van der Waals surface area contributed by atoms with Gasteiger partial charge < -0.3 is 13.7 Å². The summed E-state index contributed by atoms with van der Waals surface area (Å²) in [5.41, 5.74) is 0.426.